The van der Waals surface area contributed by atoms with Crippen molar-refractivity contribution < 1.29 is 0 Å². The molecule has 9 aromatic carbocycles. The second-order valence-electron chi connectivity index (χ2n) is 15.6. The summed E-state index contributed by atoms with van der Waals surface area (Å²) < 4.78 is 4.93. The monoisotopic (exact) mass is 763 g/mol. The van der Waals surface area contributed by atoms with Gasteiger partial charge in [0.25, 0.3) is 0 Å². The lowest BCUT2D eigenvalue weighted by atomic mass is 9.91. The molecule has 1 aliphatic heterocycles. The smallest absolute Gasteiger partial charge is 0.164 e. The molecule has 5 heteroatoms. The minimum Gasteiger partial charge on any atom is -0.309 e. The standard InChI is InChI=1S/C55H33N5/c1-2-17-35(18-3-1)53-56-54(58-55(57-53)43-28-15-19-34-16-4-5-22-38(34)43)36-20-14-21-37(32-36)59-48-31-13-10-27-44(48)50-49(59)33-45-41-25-9-12-30-47(41)60-46-29-11-8-24-40(46)39-23-6-7-26-42(39)51(50)52(45)60/h1-33H. The molecule has 1 aliphatic rings. The van der Waals surface area contributed by atoms with E-state index in [-0.39, 0.29) is 0 Å². The minimum atomic E-state index is 0.623. The number of benzene rings is 9. The number of rotatable bonds is 4. The van der Waals surface area contributed by atoms with E-state index in [9.17, 15) is 0 Å². The summed E-state index contributed by atoms with van der Waals surface area (Å²) in [6, 6.07) is 71.5. The van der Waals surface area contributed by atoms with Crippen molar-refractivity contribution in [2.75, 3.05) is 0 Å². The fraction of sp³-hybridized carbons (Fsp3) is 0. The first-order valence-corrected chi connectivity index (χ1v) is 20.4. The summed E-state index contributed by atoms with van der Waals surface area (Å²) in [6.07, 6.45) is 0. The second-order valence-corrected chi connectivity index (χ2v) is 15.6. The van der Waals surface area contributed by atoms with E-state index in [2.05, 4.69) is 191 Å². The number of hydrogen-bond acceptors (Lipinski definition) is 3. The summed E-state index contributed by atoms with van der Waals surface area (Å²) in [5, 5.41) is 7.14. The van der Waals surface area contributed by atoms with E-state index in [0.29, 0.717) is 17.5 Å². The first-order chi connectivity index (χ1) is 29.8. The molecule has 3 aromatic heterocycles. The summed E-state index contributed by atoms with van der Waals surface area (Å²) in [6.45, 7) is 0. The van der Waals surface area contributed by atoms with Crippen LogP contribution < -0.4 is 0 Å². The van der Waals surface area contributed by atoms with Crippen molar-refractivity contribution >= 4 is 54.4 Å². The van der Waals surface area contributed by atoms with Crippen LogP contribution in [0.25, 0.3) is 122 Å². The maximum Gasteiger partial charge on any atom is 0.164 e. The van der Waals surface area contributed by atoms with E-state index < -0.39 is 0 Å². The van der Waals surface area contributed by atoms with Crippen LogP contribution in [0.5, 0.6) is 0 Å². The van der Waals surface area contributed by atoms with Gasteiger partial charge in [-0.15, -0.1) is 0 Å². The summed E-state index contributed by atoms with van der Waals surface area (Å²) in [5.41, 5.74) is 14.7. The molecule has 0 saturated heterocycles. The van der Waals surface area contributed by atoms with E-state index in [0.717, 1.165) is 44.2 Å². The van der Waals surface area contributed by atoms with Gasteiger partial charge in [-0.3, -0.25) is 0 Å². The van der Waals surface area contributed by atoms with E-state index in [1.807, 2.05) is 18.2 Å². The van der Waals surface area contributed by atoms with E-state index in [1.54, 1.807) is 0 Å². The Morgan fingerprint density at radius 1 is 0.333 bits per heavy atom. The molecule has 0 radical (unpaired) electrons. The number of aromatic nitrogens is 5. The largest absolute Gasteiger partial charge is 0.309 e. The molecule has 4 heterocycles. The fourth-order valence-electron chi connectivity index (χ4n) is 9.74. The quantitative estimate of drug-likeness (QED) is 0.179. The Balaban J connectivity index is 1.10. The maximum absolute atomic E-state index is 5.23. The first kappa shape index (κ1) is 32.9. The van der Waals surface area contributed by atoms with Gasteiger partial charge in [0.05, 0.1) is 27.8 Å². The van der Waals surface area contributed by atoms with Crippen LogP contribution in [0.3, 0.4) is 0 Å². The maximum atomic E-state index is 5.23. The van der Waals surface area contributed by atoms with Gasteiger partial charge < -0.3 is 9.13 Å². The second kappa shape index (κ2) is 12.7. The molecule has 5 nitrogen and oxygen atoms in total. The summed E-state index contributed by atoms with van der Waals surface area (Å²) in [5.74, 6) is 1.91. The fourth-order valence-corrected chi connectivity index (χ4v) is 9.74. The Kier molecular flexibility index (Phi) is 6.95. The van der Waals surface area contributed by atoms with Crippen molar-refractivity contribution in [1.29, 1.82) is 0 Å². The zero-order valence-corrected chi connectivity index (χ0v) is 32.3. The van der Waals surface area contributed by atoms with Crippen LogP contribution in [0.2, 0.25) is 0 Å². The molecule has 0 fully saturated rings. The number of fused-ring (bicyclic) bond motifs is 13. The summed E-state index contributed by atoms with van der Waals surface area (Å²) >= 11 is 0. The van der Waals surface area contributed by atoms with Crippen LogP contribution in [0.4, 0.5) is 0 Å². The van der Waals surface area contributed by atoms with Crippen molar-refractivity contribution in [3.8, 4) is 67.8 Å². The number of nitrogens with zero attached hydrogens (tertiary/aromatic N) is 5. The molecule has 0 aliphatic carbocycles. The lowest BCUT2D eigenvalue weighted by Gasteiger charge is -2.13. The highest BCUT2D eigenvalue weighted by Crippen LogP contribution is 2.51. The third-order valence-corrected chi connectivity index (χ3v) is 12.3. The molecule has 0 amide bonds. The van der Waals surface area contributed by atoms with Gasteiger partial charge in [-0.25, -0.2) is 15.0 Å². The highest BCUT2D eigenvalue weighted by Gasteiger charge is 2.29. The third-order valence-electron chi connectivity index (χ3n) is 12.3. The lowest BCUT2D eigenvalue weighted by molar-refractivity contribution is 1.07. The highest BCUT2D eigenvalue weighted by molar-refractivity contribution is 6.28. The van der Waals surface area contributed by atoms with Gasteiger partial charge in [0, 0.05) is 55.0 Å². The van der Waals surface area contributed by atoms with Crippen LogP contribution in [0.1, 0.15) is 0 Å². The number of hydrogen-bond donors (Lipinski definition) is 0. The third kappa shape index (κ3) is 4.71. The van der Waals surface area contributed by atoms with Crippen LogP contribution in [0.15, 0.2) is 200 Å². The van der Waals surface area contributed by atoms with Crippen molar-refractivity contribution in [1.82, 2.24) is 24.1 Å². The Hall–Kier alpha value is -8.15. The Morgan fingerprint density at radius 2 is 0.917 bits per heavy atom. The van der Waals surface area contributed by atoms with Gasteiger partial charge in [-0.1, -0.05) is 164 Å². The Labute approximate surface area is 345 Å². The van der Waals surface area contributed by atoms with Crippen LogP contribution in [0, 0.1) is 0 Å². The first-order valence-electron chi connectivity index (χ1n) is 20.4. The average molecular weight is 764 g/mol. The van der Waals surface area contributed by atoms with Gasteiger partial charge >= 0.3 is 0 Å². The molecule has 60 heavy (non-hydrogen) atoms. The van der Waals surface area contributed by atoms with Crippen LogP contribution >= 0.6 is 0 Å². The molecule has 13 rings (SSSR count). The van der Waals surface area contributed by atoms with Crippen molar-refractivity contribution in [2.24, 2.45) is 0 Å². The van der Waals surface area contributed by atoms with Gasteiger partial charge in [0.15, 0.2) is 17.5 Å². The molecule has 278 valence electrons. The average Bonchev–Trinajstić information content (AvgIpc) is 3.79. The molecule has 12 aromatic rings. The van der Waals surface area contributed by atoms with E-state index in [1.165, 1.54) is 60.5 Å². The van der Waals surface area contributed by atoms with Crippen molar-refractivity contribution in [3.05, 3.63) is 200 Å². The zero-order chi connectivity index (χ0) is 39.3. The van der Waals surface area contributed by atoms with Crippen molar-refractivity contribution in [3.63, 3.8) is 0 Å². The zero-order valence-electron chi connectivity index (χ0n) is 32.3. The van der Waals surface area contributed by atoms with Gasteiger partial charge in [0.1, 0.15) is 0 Å². The van der Waals surface area contributed by atoms with Crippen LogP contribution in [-0.4, -0.2) is 24.1 Å². The molecular formula is C55H33N5. The Morgan fingerprint density at radius 3 is 1.77 bits per heavy atom. The van der Waals surface area contributed by atoms with E-state index in [4.69, 9.17) is 15.0 Å². The van der Waals surface area contributed by atoms with Gasteiger partial charge in [-0.05, 0) is 58.3 Å². The highest BCUT2D eigenvalue weighted by atomic mass is 15.0. The summed E-state index contributed by atoms with van der Waals surface area (Å²) in [7, 11) is 0. The molecular weight excluding hydrogens is 731 g/mol. The number of para-hydroxylation sites is 3. The van der Waals surface area contributed by atoms with Gasteiger partial charge in [-0.2, -0.15) is 0 Å². The molecule has 0 atom stereocenters. The lowest BCUT2D eigenvalue weighted by Crippen LogP contribution is -2.01. The molecule has 0 bridgehead atoms. The summed E-state index contributed by atoms with van der Waals surface area (Å²) in [4.78, 5) is 15.5. The van der Waals surface area contributed by atoms with Crippen LogP contribution in [-0.2, 0) is 0 Å². The molecule has 0 N–H and O–H groups in total. The normalized spacial score (nSPS) is 12.0. The SMILES string of the molecule is c1ccc(-c2nc(-c3cccc(-n4c5ccccc5c5c6c7c(cc54)c4ccccc4n7-c4ccccc4-c4ccccc4-6)c3)nc(-c3cccc4ccccc34)n2)cc1. The minimum absolute atomic E-state index is 0.623. The molecule has 0 spiro atoms. The molecule has 0 saturated carbocycles. The predicted octanol–water partition coefficient (Wildman–Crippen LogP) is 13.9. The van der Waals surface area contributed by atoms with E-state index >= 15 is 0 Å². The predicted molar refractivity (Wildman–Crippen MR) is 247 cm³/mol. The Bertz CT molecular complexity index is 3720. The molecule has 0 unspecified atom stereocenters. The van der Waals surface area contributed by atoms with Gasteiger partial charge in [0.2, 0.25) is 0 Å². The van der Waals surface area contributed by atoms with Crippen molar-refractivity contribution in [2.45, 2.75) is 0 Å². The topological polar surface area (TPSA) is 48.5 Å².